The predicted molar refractivity (Wildman–Crippen MR) is 74.2 cm³/mol. The molecule has 20 heavy (non-hydrogen) atoms. The highest BCUT2D eigenvalue weighted by Crippen LogP contribution is 2.16. The smallest absolute Gasteiger partial charge is 0.321 e. The number of hydrogen-bond acceptors (Lipinski definition) is 4. The minimum absolute atomic E-state index is 0.00231. The quantitative estimate of drug-likeness (QED) is 0.795. The molecule has 0 amide bonds. The molecule has 0 saturated heterocycles. The van der Waals surface area contributed by atoms with Crippen molar-refractivity contribution in [2.45, 2.75) is 31.7 Å². The standard InChI is InChI=1S/C13H19NO5S/c1-9(2)8-19-11-4-6-12(7-5-11)20(17,18)14-10(3)13(15)16/h4-7,9-10,14H,8H2,1-3H3,(H,15,16)/t10-/m1/s1. The maximum absolute atomic E-state index is 11.9. The van der Waals surface area contributed by atoms with Crippen LogP contribution in [0, 0.1) is 5.92 Å². The van der Waals surface area contributed by atoms with Crippen LogP contribution in [-0.2, 0) is 14.8 Å². The Morgan fingerprint density at radius 3 is 2.25 bits per heavy atom. The van der Waals surface area contributed by atoms with Crippen molar-refractivity contribution in [3.05, 3.63) is 24.3 Å². The summed E-state index contributed by atoms with van der Waals surface area (Å²) in [6.45, 7) is 5.83. The first-order valence-corrected chi connectivity index (χ1v) is 7.68. The Bertz CT molecular complexity index is 551. The van der Waals surface area contributed by atoms with E-state index in [2.05, 4.69) is 4.72 Å². The molecular weight excluding hydrogens is 282 g/mol. The topological polar surface area (TPSA) is 92.7 Å². The summed E-state index contributed by atoms with van der Waals surface area (Å²) in [5.41, 5.74) is 0. The van der Waals surface area contributed by atoms with Gasteiger partial charge in [-0.3, -0.25) is 4.79 Å². The highest BCUT2D eigenvalue weighted by Gasteiger charge is 2.21. The second-order valence-electron chi connectivity index (χ2n) is 4.86. The number of benzene rings is 1. The number of carboxylic acids is 1. The van der Waals surface area contributed by atoms with Gasteiger partial charge in [0, 0.05) is 0 Å². The molecule has 1 aromatic rings. The van der Waals surface area contributed by atoms with Crippen molar-refractivity contribution >= 4 is 16.0 Å². The largest absolute Gasteiger partial charge is 0.493 e. The zero-order chi connectivity index (χ0) is 15.3. The third kappa shape index (κ3) is 4.82. The Kier molecular flexibility index (Phi) is 5.52. The molecular formula is C13H19NO5S. The molecule has 0 aliphatic rings. The average molecular weight is 301 g/mol. The van der Waals surface area contributed by atoms with Gasteiger partial charge in [0.15, 0.2) is 0 Å². The fraction of sp³-hybridized carbons (Fsp3) is 0.462. The number of carboxylic acid groups (broad SMARTS) is 1. The minimum Gasteiger partial charge on any atom is -0.493 e. The summed E-state index contributed by atoms with van der Waals surface area (Å²) >= 11 is 0. The fourth-order valence-electron chi connectivity index (χ4n) is 1.33. The molecule has 1 atom stereocenters. The maximum atomic E-state index is 11.9. The van der Waals surface area contributed by atoms with Crippen molar-refractivity contribution in [2.75, 3.05) is 6.61 Å². The van der Waals surface area contributed by atoms with Crippen LogP contribution < -0.4 is 9.46 Å². The monoisotopic (exact) mass is 301 g/mol. The number of rotatable bonds is 7. The highest BCUT2D eigenvalue weighted by atomic mass is 32.2. The van der Waals surface area contributed by atoms with E-state index in [4.69, 9.17) is 9.84 Å². The summed E-state index contributed by atoms with van der Waals surface area (Å²) < 4.78 is 31.3. The number of sulfonamides is 1. The van der Waals surface area contributed by atoms with Gasteiger partial charge in [0.25, 0.3) is 0 Å². The van der Waals surface area contributed by atoms with E-state index in [1.165, 1.54) is 19.1 Å². The zero-order valence-electron chi connectivity index (χ0n) is 11.7. The van der Waals surface area contributed by atoms with Crippen LogP contribution >= 0.6 is 0 Å². The van der Waals surface area contributed by atoms with Crippen LogP contribution in [0.5, 0.6) is 5.75 Å². The summed E-state index contributed by atoms with van der Waals surface area (Å²) in [6.07, 6.45) is 0. The van der Waals surface area contributed by atoms with Gasteiger partial charge in [-0.25, -0.2) is 8.42 Å². The summed E-state index contributed by atoms with van der Waals surface area (Å²) in [5.74, 6) is -0.286. The van der Waals surface area contributed by atoms with Crippen molar-refractivity contribution in [1.82, 2.24) is 4.72 Å². The molecule has 0 aromatic heterocycles. The molecule has 0 saturated carbocycles. The third-order valence-electron chi connectivity index (χ3n) is 2.42. The summed E-state index contributed by atoms with van der Waals surface area (Å²) in [5, 5.41) is 8.71. The molecule has 0 radical (unpaired) electrons. The second kappa shape index (κ2) is 6.71. The Labute approximate surface area is 118 Å². The second-order valence-corrected chi connectivity index (χ2v) is 6.57. The van der Waals surface area contributed by atoms with Gasteiger partial charge in [-0.1, -0.05) is 13.8 Å². The normalized spacial score (nSPS) is 13.2. The lowest BCUT2D eigenvalue weighted by atomic mass is 10.2. The number of carbonyl (C=O) groups is 1. The average Bonchev–Trinajstić information content (AvgIpc) is 2.36. The van der Waals surface area contributed by atoms with Gasteiger partial charge in [0.1, 0.15) is 11.8 Å². The molecule has 7 heteroatoms. The van der Waals surface area contributed by atoms with Gasteiger partial charge in [0.2, 0.25) is 10.0 Å². The molecule has 0 spiro atoms. The molecule has 0 aliphatic heterocycles. The Morgan fingerprint density at radius 2 is 1.80 bits per heavy atom. The van der Waals surface area contributed by atoms with Crippen molar-refractivity contribution in [3.8, 4) is 5.75 Å². The Hall–Kier alpha value is -1.60. The molecule has 112 valence electrons. The summed E-state index contributed by atoms with van der Waals surface area (Å²) in [7, 11) is -3.84. The van der Waals surface area contributed by atoms with Crippen LogP contribution in [0.3, 0.4) is 0 Å². The maximum Gasteiger partial charge on any atom is 0.321 e. The van der Waals surface area contributed by atoms with Gasteiger partial charge < -0.3 is 9.84 Å². The van der Waals surface area contributed by atoms with Gasteiger partial charge in [-0.15, -0.1) is 0 Å². The van der Waals surface area contributed by atoms with Crippen LogP contribution in [-0.4, -0.2) is 32.1 Å². The first-order chi connectivity index (χ1) is 9.22. The van der Waals surface area contributed by atoms with E-state index in [1.807, 2.05) is 13.8 Å². The first kappa shape index (κ1) is 16.5. The third-order valence-corrected chi connectivity index (χ3v) is 3.98. The molecule has 0 bridgehead atoms. The van der Waals surface area contributed by atoms with Crippen LogP contribution in [0.2, 0.25) is 0 Å². The molecule has 6 nitrogen and oxygen atoms in total. The van der Waals surface area contributed by atoms with E-state index in [1.54, 1.807) is 12.1 Å². The van der Waals surface area contributed by atoms with Crippen molar-refractivity contribution in [3.63, 3.8) is 0 Å². The molecule has 2 N–H and O–H groups in total. The van der Waals surface area contributed by atoms with Crippen LogP contribution in [0.1, 0.15) is 20.8 Å². The number of aliphatic carboxylic acids is 1. The van der Waals surface area contributed by atoms with Crippen LogP contribution in [0.15, 0.2) is 29.2 Å². The molecule has 0 fully saturated rings. The van der Waals surface area contributed by atoms with Crippen LogP contribution in [0.25, 0.3) is 0 Å². The predicted octanol–water partition coefficient (Wildman–Crippen LogP) is 1.47. The lowest BCUT2D eigenvalue weighted by Crippen LogP contribution is -2.38. The molecule has 1 aromatic carbocycles. The van der Waals surface area contributed by atoms with E-state index in [9.17, 15) is 13.2 Å². The highest BCUT2D eigenvalue weighted by molar-refractivity contribution is 7.89. The molecule has 0 heterocycles. The van der Waals surface area contributed by atoms with Gasteiger partial charge in [0.05, 0.1) is 11.5 Å². The van der Waals surface area contributed by atoms with E-state index in [-0.39, 0.29) is 4.90 Å². The Morgan fingerprint density at radius 1 is 1.25 bits per heavy atom. The minimum atomic E-state index is -3.84. The SMILES string of the molecule is CC(C)COc1ccc(S(=O)(=O)N[C@H](C)C(=O)O)cc1. The Balaban J connectivity index is 2.79. The fourth-order valence-corrected chi connectivity index (χ4v) is 2.53. The number of hydrogen-bond donors (Lipinski definition) is 2. The molecule has 0 unspecified atom stereocenters. The van der Waals surface area contributed by atoms with E-state index in [0.29, 0.717) is 18.3 Å². The number of ether oxygens (including phenoxy) is 1. The summed E-state index contributed by atoms with van der Waals surface area (Å²) in [6, 6.07) is 4.67. The zero-order valence-corrected chi connectivity index (χ0v) is 12.5. The molecule has 0 aliphatic carbocycles. The van der Waals surface area contributed by atoms with Gasteiger partial charge >= 0.3 is 5.97 Å². The van der Waals surface area contributed by atoms with Crippen molar-refractivity contribution in [2.24, 2.45) is 5.92 Å². The van der Waals surface area contributed by atoms with Crippen LogP contribution in [0.4, 0.5) is 0 Å². The van der Waals surface area contributed by atoms with Gasteiger partial charge in [-0.05, 0) is 37.1 Å². The lowest BCUT2D eigenvalue weighted by Gasteiger charge is -2.11. The first-order valence-electron chi connectivity index (χ1n) is 6.20. The van der Waals surface area contributed by atoms with Crippen molar-refractivity contribution < 1.29 is 23.1 Å². The van der Waals surface area contributed by atoms with E-state index >= 15 is 0 Å². The van der Waals surface area contributed by atoms with Gasteiger partial charge in [-0.2, -0.15) is 4.72 Å². The summed E-state index contributed by atoms with van der Waals surface area (Å²) in [4.78, 5) is 10.7. The molecule has 1 rings (SSSR count). The van der Waals surface area contributed by atoms with E-state index < -0.39 is 22.0 Å². The van der Waals surface area contributed by atoms with E-state index in [0.717, 1.165) is 0 Å². The lowest BCUT2D eigenvalue weighted by molar-refractivity contribution is -0.138. The van der Waals surface area contributed by atoms with Crippen molar-refractivity contribution in [1.29, 1.82) is 0 Å². The number of nitrogens with one attached hydrogen (secondary N) is 1.